The van der Waals surface area contributed by atoms with Crippen molar-refractivity contribution >= 4 is 16.7 Å². The van der Waals surface area contributed by atoms with E-state index in [1.54, 1.807) is 29.7 Å². The van der Waals surface area contributed by atoms with Crippen molar-refractivity contribution in [2.24, 2.45) is 0 Å². The van der Waals surface area contributed by atoms with E-state index < -0.39 is 18.6 Å². The van der Waals surface area contributed by atoms with Crippen LogP contribution in [0.25, 0.3) is 11.0 Å². The smallest absolute Gasteiger partial charge is 0.391 e. The quantitative estimate of drug-likeness (QED) is 0.837. The van der Waals surface area contributed by atoms with Gasteiger partial charge in [0.05, 0.1) is 17.5 Å². The monoisotopic (exact) mass is 257 g/mol. The van der Waals surface area contributed by atoms with Gasteiger partial charge in [0.1, 0.15) is 5.82 Å². The average molecular weight is 257 g/mol. The molecule has 3 nitrogen and oxygen atoms in total. The number of aryl methyl sites for hydroxylation is 1. The minimum Gasteiger partial charge on any atom is -0.399 e. The van der Waals surface area contributed by atoms with Crippen LogP contribution in [0.5, 0.6) is 0 Å². The summed E-state index contributed by atoms with van der Waals surface area (Å²) in [5.74, 6) is 0.562. The van der Waals surface area contributed by atoms with Crippen molar-refractivity contribution in [3.05, 3.63) is 24.0 Å². The molecule has 1 aromatic carbocycles. The molecule has 0 aliphatic heterocycles. The van der Waals surface area contributed by atoms with Gasteiger partial charge < -0.3 is 10.3 Å². The number of fused-ring (bicyclic) bond motifs is 1. The minimum atomic E-state index is -4.18. The molecule has 0 aliphatic rings. The predicted molar refractivity (Wildman–Crippen MR) is 64.3 cm³/mol. The van der Waals surface area contributed by atoms with Crippen LogP contribution in [-0.4, -0.2) is 15.7 Å². The molecule has 0 spiro atoms. The van der Waals surface area contributed by atoms with E-state index in [4.69, 9.17) is 5.73 Å². The second-order valence-electron chi connectivity index (χ2n) is 4.45. The van der Waals surface area contributed by atoms with Gasteiger partial charge >= 0.3 is 6.18 Å². The maximum atomic E-state index is 12.4. The second-order valence-corrected chi connectivity index (χ2v) is 4.45. The molecule has 0 radical (unpaired) electrons. The Morgan fingerprint density at radius 2 is 2.06 bits per heavy atom. The number of hydrogen-bond donors (Lipinski definition) is 1. The fourth-order valence-electron chi connectivity index (χ4n) is 2.22. The molecule has 2 aromatic rings. The number of hydrogen-bond acceptors (Lipinski definition) is 2. The van der Waals surface area contributed by atoms with Crippen molar-refractivity contribution in [3.8, 4) is 0 Å². The molecular weight excluding hydrogens is 243 g/mol. The van der Waals surface area contributed by atoms with Crippen molar-refractivity contribution in [2.75, 3.05) is 5.73 Å². The molecule has 1 aromatic heterocycles. The van der Waals surface area contributed by atoms with E-state index in [0.717, 1.165) is 0 Å². The number of nitrogen functional groups attached to an aromatic ring is 1. The average Bonchev–Trinajstić information content (AvgIpc) is 2.50. The van der Waals surface area contributed by atoms with Crippen molar-refractivity contribution in [1.29, 1.82) is 0 Å². The standard InChI is InChI=1S/C12H14F3N3/c1-7(6-12(13,14)15)18-8(2)17-10-5-9(16)3-4-11(10)18/h3-5,7H,6,16H2,1-2H3. The summed E-state index contributed by atoms with van der Waals surface area (Å²) in [6.07, 6.45) is -5.06. The third-order valence-electron chi connectivity index (χ3n) is 2.86. The summed E-state index contributed by atoms with van der Waals surface area (Å²) in [7, 11) is 0. The maximum Gasteiger partial charge on any atom is 0.391 e. The normalized spacial score (nSPS) is 14.1. The fourth-order valence-corrected chi connectivity index (χ4v) is 2.22. The Balaban J connectivity index is 2.47. The lowest BCUT2D eigenvalue weighted by atomic mass is 10.2. The molecule has 1 heterocycles. The van der Waals surface area contributed by atoms with Gasteiger partial charge in [-0.2, -0.15) is 13.2 Å². The van der Waals surface area contributed by atoms with Crippen molar-refractivity contribution in [1.82, 2.24) is 9.55 Å². The third kappa shape index (κ3) is 2.42. The van der Waals surface area contributed by atoms with Crippen LogP contribution in [0.2, 0.25) is 0 Å². The van der Waals surface area contributed by atoms with Crippen LogP contribution < -0.4 is 5.73 Å². The SMILES string of the molecule is Cc1nc2cc(N)ccc2n1C(C)CC(F)(F)F. The molecule has 0 amide bonds. The fraction of sp³-hybridized carbons (Fsp3) is 0.417. The number of halogens is 3. The topological polar surface area (TPSA) is 43.8 Å². The molecule has 0 bridgehead atoms. The van der Waals surface area contributed by atoms with Gasteiger partial charge in [0.15, 0.2) is 0 Å². The van der Waals surface area contributed by atoms with Crippen LogP contribution in [0, 0.1) is 6.92 Å². The van der Waals surface area contributed by atoms with Crippen molar-refractivity contribution in [3.63, 3.8) is 0 Å². The molecule has 1 atom stereocenters. The highest BCUT2D eigenvalue weighted by atomic mass is 19.4. The molecule has 0 aliphatic carbocycles. The first kappa shape index (κ1) is 12.7. The summed E-state index contributed by atoms with van der Waals surface area (Å²) >= 11 is 0. The Morgan fingerprint density at radius 3 is 2.67 bits per heavy atom. The number of aromatic nitrogens is 2. The number of nitrogens with zero attached hydrogens (tertiary/aromatic N) is 2. The van der Waals surface area contributed by atoms with Crippen LogP contribution in [0.1, 0.15) is 25.2 Å². The van der Waals surface area contributed by atoms with Gasteiger partial charge in [-0.25, -0.2) is 4.98 Å². The summed E-state index contributed by atoms with van der Waals surface area (Å²) in [5, 5.41) is 0. The Hall–Kier alpha value is -1.72. The number of alkyl halides is 3. The Morgan fingerprint density at radius 1 is 1.39 bits per heavy atom. The highest BCUT2D eigenvalue weighted by Gasteiger charge is 2.31. The highest BCUT2D eigenvalue weighted by Crippen LogP contribution is 2.31. The Kier molecular flexibility index (Phi) is 2.96. The molecule has 18 heavy (non-hydrogen) atoms. The van der Waals surface area contributed by atoms with E-state index in [1.165, 1.54) is 6.92 Å². The van der Waals surface area contributed by atoms with Gasteiger partial charge in [-0.05, 0) is 32.0 Å². The summed E-state index contributed by atoms with van der Waals surface area (Å²) in [6.45, 7) is 3.24. The molecule has 0 fully saturated rings. The van der Waals surface area contributed by atoms with Crippen molar-refractivity contribution < 1.29 is 13.2 Å². The van der Waals surface area contributed by atoms with E-state index in [2.05, 4.69) is 4.98 Å². The van der Waals surface area contributed by atoms with Crippen LogP contribution in [0.4, 0.5) is 18.9 Å². The van der Waals surface area contributed by atoms with Crippen molar-refractivity contribution in [2.45, 2.75) is 32.5 Å². The highest BCUT2D eigenvalue weighted by molar-refractivity contribution is 5.79. The summed E-state index contributed by atoms with van der Waals surface area (Å²) in [5.41, 5.74) is 7.49. The summed E-state index contributed by atoms with van der Waals surface area (Å²) in [6, 6.07) is 4.36. The Bertz CT molecular complexity index is 572. The van der Waals surface area contributed by atoms with E-state index in [-0.39, 0.29) is 0 Å². The van der Waals surface area contributed by atoms with Gasteiger partial charge in [0.25, 0.3) is 0 Å². The molecule has 2 N–H and O–H groups in total. The zero-order valence-electron chi connectivity index (χ0n) is 10.1. The third-order valence-corrected chi connectivity index (χ3v) is 2.86. The zero-order chi connectivity index (χ0) is 13.5. The maximum absolute atomic E-state index is 12.4. The molecule has 0 saturated carbocycles. The zero-order valence-corrected chi connectivity index (χ0v) is 10.1. The number of rotatable bonds is 2. The first-order valence-electron chi connectivity index (χ1n) is 5.59. The van der Waals surface area contributed by atoms with Gasteiger partial charge in [0, 0.05) is 11.7 Å². The van der Waals surface area contributed by atoms with Gasteiger partial charge in [0.2, 0.25) is 0 Å². The van der Waals surface area contributed by atoms with Crippen LogP contribution >= 0.6 is 0 Å². The molecule has 2 rings (SSSR count). The lowest BCUT2D eigenvalue weighted by Crippen LogP contribution is -2.17. The van der Waals surface area contributed by atoms with Crippen LogP contribution in [-0.2, 0) is 0 Å². The van der Waals surface area contributed by atoms with Gasteiger partial charge in [-0.1, -0.05) is 0 Å². The number of anilines is 1. The molecule has 6 heteroatoms. The lowest BCUT2D eigenvalue weighted by molar-refractivity contribution is -0.141. The second kappa shape index (κ2) is 4.19. The first-order valence-corrected chi connectivity index (χ1v) is 5.59. The minimum absolute atomic E-state index is 0.552. The summed E-state index contributed by atoms with van der Waals surface area (Å²) in [4.78, 5) is 4.24. The van der Waals surface area contributed by atoms with E-state index >= 15 is 0 Å². The van der Waals surface area contributed by atoms with E-state index in [1.807, 2.05) is 0 Å². The number of nitrogens with two attached hydrogens (primary N) is 1. The van der Waals surface area contributed by atoms with E-state index in [0.29, 0.717) is 22.5 Å². The molecule has 98 valence electrons. The largest absolute Gasteiger partial charge is 0.399 e. The summed E-state index contributed by atoms with van der Waals surface area (Å²) < 4.78 is 38.9. The first-order chi connectivity index (χ1) is 8.28. The van der Waals surface area contributed by atoms with E-state index in [9.17, 15) is 13.2 Å². The number of benzene rings is 1. The predicted octanol–water partition coefficient (Wildman–Crippen LogP) is 3.44. The van der Waals surface area contributed by atoms with Crippen LogP contribution in [0.15, 0.2) is 18.2 Å². The van der Waals surface area contributed by atoms with Gasteiger partial charge in [-0.3, -0.25) is 0 Å². The molecule has 0 saturated heterocycles. The van der Waals surface area contributed by atoms with Gasteiger partial charge in [-0.15, -0.1) is 0 Å². The molecule has 1 unspecified atom stereocenters. The lowest BCUT2D eigenvalue weighted by Gasteiger charge is -2.18. The number of imidazole rings is 1. The molecular formula is C12H14F3N3. The Labute approximate surface area is 102 Å². The van der Waals surface area contributed by atoms with Crippen LogP contribution in [0.3, 0.4) is 0 Å².